The number of rotatable bonds is 5. The van der Waals surface area contributed by atoms with Crippen LogP contribution >= 0.6 is 0 Å². The minimum Gasteiger partial charge on any atom is -0.481 e. The van der Waals surface area contributed by atoms with Crippen molar-refractivity contribution in [1.82, 2.24) is 4.90 Å². The molecule has 0 saturated carbocycles. The van der Waals surface area contributed by atoms with Crippen LogP contribution in [0.3, 0.4) is 0 Å². The Morgan fingerprint density at radius 1 is 0.962 bits per heavy atom. The normalized spacial score (nSPS) is 19.3. The van der Waals surface area contributed by atoms with E-state index in [1.54, 1.807) is 0 Å². The van der Waals surface area contributed by atoms with Crippen LogP contribution < -0.4 is 0 Å². The van der Waals surface area contributed by atoms with Gasteiger partial charge >= 0.3 is 11.9 Å². The van der Waals surface area contributed by atoms with Crippen LogP contribution in [-0.4, -0.2) is 49.3 Å². The lowest BCUT2D eigenvalue weighted by atomic mass is 9.78. The second-order valence-corrected chi connectivity index (χ2v) is 8.05. The van der Waals surface area contributed by atoms with Gasteiger partial charge in [-0.05, 0) is 46.1 Å². The summed E-state index contributed by atoms with van der Waals surface area (Å²) in [6.07, 6.45) is 0.930. The molecular weight excluding hydrogens is 334 g/mol. The maximum Gasteiger partial charge on any atom is 0.303 e. The second-order valence-electron chi connectivity index (χ2n) is 8.05. The maximum atomic E-state index is 10.0. The van der Waals surface area contributed by atoms with Crippen LogP contribution in [0.2, 0.25) is 0 Å². The average molecular weight is 365 g/mol. The number of carbonyl (C=O) groups is 2. The largest absolute Gasteiger partial charge is 0.481 e. The monoisotopic (exact) mass is 365 g/mol. The molecule has 3 N–H and O–H groups in total. The van der Waals surface area contributed by atoms with Crippen molar-refractivity contribution in [1.29, 1.82) is 0 Å². The van der Waals surface area contributed by atoms with Crippen LogP contribution in [-0.2, 0) is 16.1 Å². The molecule has 6 heteroatoms. The summed E-state index contributed by atoms with van der Waals surface area (Å²) in [4.78, 5) is 21.8. The number of benzene rings is 1. The first-order valence-corrected chi connectivity index (χ1v) is 8.87. The molecule has 0 unspecified atom stereocenters. The summed E-state index contributed by atoms with van der Waals surface area (Å²) in [6.45, 7) is 9.90. The van der Waals surface area contributed by atoms with E-state index in [0.717, 1.165) is 19.4 Å². The number of carboxylic acids is 2. The molecule has 1 aliphatic heterocycles. The van der Waals surface area contributed by atoms with Crippen LogP contribution in [0.1, 0.15) is 58.9 Å². The van der Waals surface area contributed by atoms with Gasteiger partial charge in [-0.2, -0.15) is 0 Å². The molecule has 26 heavy (non-hydrogen) atoms. The molecule has 0 aliphatic carbocycles. The number of hydrogen-bond acceptors (Lipinski definition) is 4. The quantitative estimate of drug-likeness (QED) is 0.741. The molecule has 0 bridgehead atoms. The Morgan fingerprint density at radius 2 is 1.38 bits per heavy atom. The van der Waals surface area contributed by atoms with Gasteiger partial charge < -0.3 is 15.3 Å². The Morgan fingerprint density at radius 3 is 1.77 bits per heavy atom. The average Bonchev–Trinajstić information content (AvgIpc) is 2.49. The third-order valence-electron chi connectivity index (χ3n) is 4.67. The molecule has 0 spiro atoms. The van der Waals surface area contributed by atoms with Crippen LogP contribution in [0.4, 0.5) is 0 Å². The fourth-order valence-corrected chi connectivity index (χ4v) is 3.67. The van der Waals surface area contributed by atoms with Gasteiger partial charge in [-0.3, -0.25) is 14.5 Å². The van der Waals surface area contributed by atoms with E-state index in [2.05, 4.69) is 62.9 Å². The van der Waals surface area contributed by atoms with Crippen molar-refractivity contribution in [2.75, 3.05) is 0 Å². The molecule has 6 nitrogen and oxygen atoms in total. The Bertz CT molecular complexity index is 565. The molecule has 1 aromatic rings. The van der Waals surface area contributed by atoms with Gasteiger partial charge in [-0.25, -0.2) is 0 Å². The smallest absolute Gasteiger partial charge is 0.303 e. The van der Waals surface area contributed by atoms with Crippen molar-refractivity contribution in [3.05, 3.63) is 35.9 Å². The highest BCUT2D eigenvalue weighted by molar-refractivity contribution is 5.75. The number of hydrogen-bond donors (Lipinski definition) is 3. The summed E-state index contributed by atoms with van der Waals surface area (Å²) in [5.41, 5.74) is 1.42. The number of piperidine rings is 1. The molecule has 0 aromatic heterocycles. The van der Waals surface area contributed by atoms with Crippen molar-refractivity contribution in [3.8, 4) is 0 Å². The summed E-state index contributed by atoms with van der Waals surface area (Å²) in [5.74, 6) is -2.15. The predicted molar refractivity (Wildman–Crippen MR) is 99.9 cm³/mol. The van der Waals surface area contributed by atoms with Gasteiger partial charge in [0.25, 0.3) is 0 Å². The van der Waals surface area contributed by atoms with Gasteiger partial charge in [-0.1, -0.05) is 30.3 Å². The Kier molecular flexibility index (Phi) is 7.78. The Balaban J connectivity index is 0.000000359. The van der Waals surface area contributed by atoms with Crippen molar-refractivity contribution in [3.63, 3.8) is 0 Å². The van der Waals surface area contributed by atoms with E-state index in [-0.39, 0.29) is 30.0 Å². The SMILES string of the molecule is CC1(C)CC(O)CC(C)(C)N1Cc1ccccc1.O=C(O)CCC(=O)O. The third kappa shape index (κ3) is 7.14. The maximum absolute atomic E-state index is 10.0. The first-order chi connectivity index (χ1) is 11.9. The minimum atomic E-state index is -1.08. The molecular formula is C20H31NO5. The summed E-state index contributed by atoms with van der Waals surface area (Å²) >= 11 is 0. The molecule has 1 fully saturated rings. The zero-order chi connectivity index (χ0) is 20.0. The summed E-state index contributed by atoms with van der Waals surface area (Å²) in [5, 5.41) is 25.8. The van der Waals surface area contributed by atoms with Gasteiger partial charge in [0.15, 0.2) is 0 Å². The zero-order valence-corrected chi connectivity index (χ0v) is 16.1. The number of carboxylic acid groups (broad SMARTS) is 2. The highest BCUT2D eigenvalue weighted by atomic mass is 16.4. The molecule has 2 rings (SSSR count). The van der Waals surface area contributed by atoms with Crippen LogP contribution in [0, 0.1) is 0 Å². The van der Waals surface area contributed by atoms with Gasteiger partial charge in [0.2, 0.25) is 0 Å². The molecule has 1 aromatic carbocycles. The van der Waals surface area contributed by atoms with E-state index >= 15 is 0 Å². The molecule has 1 heterocycles. The van der Waals surface area contributed by atoms with Crippen LogP contribution in [0.5, 0.6) is 0 Å². The lowest BCUT2D eigenvalue weighted by molar-refractivity contribution is -0.143. The van der Waals surface area contributed by atoms with Crippen molar-refractivity contribution in [2.45, 2.75) is 77.1 Å². The first kappa shape index (κ1) is 22.1. The Hall–Kier alpha value is -1.92. The number of aliphatic hydroxyl groups is 1. The number of aliphatic hydroxyl groups excluding tert-OH is 1. The van der Waals surface area contributed by atoms with Gasteiger partial charge in [0.1, 0.15) is 0 Å². The van der Waals surface area contributed by atoms with Gasteiger partial charge in [0, 0.05) is 17.6 Å². The van der Waals surface area contributed by atoms with E-state index in [4.69, 9.17) is 10.2 Å². The summed E-state index contributed by atoms with van der Waals surface area (Å²) < 4.78 is 0. The fraction of sp³-hybridized carbons (Fsp3) is 0.600. The molecule has 0 atom stereocenters. The minimum absolute atomic E-state index is 0.0387. The predicted octanol–water partition coefficient (Wildman–Crippen LogP) is 3.14. The molecule has 146 valence electrons. The second kappa shape index (κ2) is 9.14. The summed E-state index contributed by atoms with van der Waals surface area (Å²) in [6, 6.07) is 10.6. The number of aliphatic carboxylic acids is 2. The van der Waals surface area contributed by atoms with Crippen LogP contribution in [0.15, 0.2) is 30.3 Å². The Labute approximate surface area is 155 Å². The van der Waals surface area contributed by atoms with Gasteiger partial charge in [0.05, 0.1) is 18.9 Å². The van der Waals surface area contributed by atoms with E-state index in [0.29, 0.717) is 0 Å². The first-order valence-electron chi connectivity index (χ1n) is 8.87. The molecule has 0 radical (unpaired) electrons. The highest BCUT2D eigenvalue weighted by Gasteiger charge is 2.44. The lowest BCUT2D eigenvalue weighted by Gasteiger charge is -2.54. The lowest BCUT2D eigenvalue weighted by Crippen LogP contribution is -2.61. The van der Waals surface area contributed by atoms with E-state index < -0.39 is 11.9 Å². The third-order valence-corrected chi connectivity index (χ3v) is 4.67. The topological polar surface area (TPSA) is 98.1 Å². The van der Waals surface area contributed by atoms with E-state index in [9.17, 15) is 14.7 Å². The van der Waals surface area contributed by atoms with Crippen molar-refractivity contribution < 1.29 is 24.9 Å². The highest BCUT2D eigenvalue weighted by Crippen LogP contribution is 2.39. The number of nitrogens with zero attached hydrogens (tertiary/aromatic N) is 1. The van der Waals surface area contributed by atoms with E-state index in [1.165, 1.54) is 5.56 Å². The molecule has 1 aliphatic rings. The van der Waals surface area contributed by atoms with Crippen molar-refractivity contribution in [2.24, 2.45) is 0 Å². The summed E-state index contributed by atoms with van der Waals surface area (Å²) in [7, 11) is 0. The molecule has 1 saturated heterocycles. The van der Waals surface area contributed by atoms with Crippen LogP contribution in [0.25, 0.3) is 0 Å². The van der Waals surface area contributed by atoms with Crippen molar-refractivity contribution >= 4 is 11.9 Å². The van der Waals surface area contributed by atoms with Gasteiger partial charge in [-0.15, -0.1) is 0 Å². The number of likely N-dealkylation sites (tertiary alicyclic amines) is 1. The standard InChI is InChI=1S/C16H25NO.C4H6O4/c1-15(2)10-14(18)11-16(3,4)17(15)12-13-8-6-5-7-9-13;5-3(6)1-2-4(7)8/h5-9,14,18H,10-12H2,1-4H3;1-2H2,(H,5,6)(H,7,8). The fourth-order valence-electron chi connectivity index (χ4n) is 3.67. The van der Waals surface area contributed by atoms with E-state index in [1.807, 2.05) is 0 Å². The molecule has 0 amide bonds. The zero-order valence-electron chi connectivity index (χ0n) is 16.1.